The highest BCUT2D eigenvalue weighted by Gasteiger charge is 2.53. The van der Waals surface area contributed by atoms with Crippen LogP contribution in [-0.2, 0) is 28.3 Å². The van der Waals surface area contributed by atoms with E-state index in [1.807, 2.05) is 0 Å². The fraction of sp³-hybridized carbons (Fsp3) is 0.464. The number of tetrazole rings is 1. The lowest BCUT2D eigenvalue weighted by molar-refractivity contribution is -0.139. The van der Waals surface area contributed by atoms with E-state index in [2.05, 4.69) is 26.2 Å². The molecule has 12 nitrogen and oxygen atoms in total. The van der Waals surface area contributed by atoms with Crippen LogP contribution in [0.2, 0.25) is 0 Å². The number of urea groups is 1. The summed E-state index contributed by atoms with van der Waals surface area (Å²) in [4.78, 5) is 28.5. The first kappa shape index (κ1) is 32.3. The number of aromatic nitrogens is 4. The fourth-order valence-electron chi connectivity index (χ4n) is 5.88. The molecule has 3 amide bonds. The topological polar surface area (TPSA) is 142 Å². The van der Waals surface area contributed by atoms with Gasteiger partial charge in [0.05, 0.1) is 5.92 Å². The molecule has 2 N–H and O–H groups in total. The Kier molecular flexibility index (Phi) is 9.38. The SMILES string of the molecule is Cn1nnnc1-c1cccc(NC(=O)N[C@@H]2CCN(S(=O)(=O)C(F)(F)F)C[C@H]2C(=O)N2CCCC(Cc3ccc(F)cc3)C2)c1. The largest absolute Gasteiger partial charge is 0.511 e. The molecule has 2 aromatic carbocycles. The predicted molar refractivity (Wildman–Crippen MR) is 154 cm³/mol. The average Bonchev–Trinajstić information content (AvgIpc) is 3.43. The first-order valence-electron chi connectivity index (χ1n) is 14.3. The molecule has 2 saturated heterocycles. The first-order valence-corrected chi connectivity index (χ1v) is 15.8. The van der Waals surface area contributed by atoms with Crippen molar-refractivity contribution < 1.29 is 35.6 Å². The Bertz CT molecular complexity index is 1630. The van der Waals surface area contributed by atoms with Gasteiger partial charge in [-0.25, -0.2) is 22.3 Å². The second-order valence-electron chi connectivity index (χ2n) is 11.2. The second kappa shape index (κ2) is 13.1. The molecular formula is C28H32F4N8O4S. The number of likely N-dealkylation sites (tertiary alicyclic amines) is 1. The van der Waals surface area contributed by atoms with Crippen LogP contribution in [0.25, 0.3) is 11.4 Å². The number of benzene rings is 2. The molecule has 0 spiro atoms. The molecule has 3 atom stereocenters. The van der Waals surface area contributed by atoms with Crippen molar-refractivity contribution in [2.75, 3.05) is 31.5 Å². The maximum Gasteiger partial charge on any atom is 0.511 e. The first-order chi connectivity index (χ1) is 21.3. The third-order valence-corrected chi connectivity index (χ3v) is 9.71. The van der Waals surface area contributed by atoms with Gasteiger partial charge in [0.1, 0.15) is 5.82 Å². The highest BCUT2D eigenvalue weighted by atomic mass is 32.2. The summed E-state index contributed by atoms with van der Waals surface area (Å²) in [7, 11) is -4.05. The van der Waals surface area contributed by atoms with Crippen molar-refractivity contribution in [3.63, 3.8) is 0 Å². The Hall–Kier alpha value is -4.12. The lowest BCUT2D eigenvalue weighted by Gasteiger charge is -2.41. The van der Waals surface area contributed by atoms with E-state index in [0.717, 1.165) is 12.0 Å². The summed E-state index contributed by atoms with van der Waals surface area (Å²) in [5, 5.41) is 16.7. The number of hydrogen-bond donors (Lipinski definition) is 2. The van der Waals surface area contributed by atoms with Gasteiger partial charge < -0.3 is 15.5 Å². The third-order valence-electron chi connectivity index (χ3n) is 8.11. The zero-order chi connectivity index (χ0) is 32.4. The molecule has 3 heterocycles. The normalized spacial score (nSPS) is 21.4. The summed E-state index contributed by atoms with van der Waals surface area (Å²) in [6.45, 7) is -0.636. The molecule has 1 unspecified atom stereocenters. The number of piperidine rings is 2. The monoisotopic (exact) mass is 652 g/mol. The van der Waals surface area contributed by atoms with Crippen molar-refractivity contribution >= 4 is 27.6 Å². The van der Waals surface area contributed by atoms with Crippen molar-refractivity contribution in [2.24, 2.45) is 18.9 Å². The Morgan fingerprint density at radius 1 is 1.04 bits per heavy atom. The maximum atomic E-state index is 13.9. The minimum atomic E-state index is -5.70. The van der Waals surface area contributed by atoms with Crippen molar-refractivity contribution in [1.29, 1.82) is 0 Å². The van der Waals surface area contributed by atoms with Crippen molar-refractivity contribution in [1.82, 2.24) is 34.7 Å². The number of carbonyl (C=O) groups excluding carboxylic acids is 2. The quantitative estimate of drug-likeness (QED) is 0.374. The lowest BCUT2D eigenvalue weighted by atomic mass is 9.88. The number of nitrogens with zero attached hydrogens (tertiary/aromatic N) is 6. The van der Waals surface area contributed by atoms with Crippen LogP contribution in [0.4, 0.5) is 28.0 Å². The minimum absolute atomic E-state index is 0.0119. The van der Waals surface area contributed by atoms with Crippen LogP contribution in [0.1, 0.15) is 24.8 Å². The van der Waals surface area contributed by atoms with Gasteiger partial charge in [0.2, 0.25) is 5.91 Å². The number of halogens is 4. The molecule has 2 aliphatic heterocycles. The Morgan fingerprint density at radius 3 is 2.49 bits per heavy atom. The van der Waals surface area contributed by atoms with Crippen LogP contribution in [-0.4, -0.2) is 87.5 Å². The lowest BCUT2D eigenvalue weighted by Crippen LogP contribution is -2.59. The molecule has 5 rings (SSSR count). The van der Waals surface area contributed by atoms with Gasteiger partial charge in [-0.15, -0.1) is 5.10 Å². The number of anilines is 1. The van der Waals surface area contributed by atoms with E-state index >= 15 is 0 Å². The Balaban J connectivity index is 1.31. The van der Waals surface area contributed by atoms with Crippen LogP contribution in [0.5, 0.6) is 0 Å². The zero-order valence-electron chi connectivity index (χ0n) is 24.2. The number of aryl methyl sites for hydroxylation is 1. The van der Waals surface area contributed by atoms with E-state index in [1.165, 1.54) is 21.7 Å². The molecule has 1 aromatic heterocycles. The molecule has 45 heavy (non-hydrogen) atoms. The highest BCUT2D eigenvalue weighted by molar-refractivity contribution is 7.90. The van der Waals surface area contributed by atoms with Gasteiger partial charge in [-0.3, -0.25) is 4.79 Å². The minimum Gasteiger partial charge on any atom is -0.342 e. The van der Waals surface area contributed by atoms with Gasteiger partial charge in [0.15, 0.2) is 5.82 Å². The van der Waals surface area contributed by atoms with E-state index < -0.39 is 52.5 Å². The number of amides is 3. The summed E-state index contributed by atoms with van der Waals surface area (Å²) in [6.07, 6.45) is 1.77. The van der Waals surface area contributed by atoms with Gasteiger partial charge in [-0.05, 0) is 71.9 Å². The molecule has 3 aromatic rings. The molecule has 2 fully saturated rings. The second-order valence-corrected chi connectivity index (χ2v) is 13.2. The van der Waals surface area contributed by atoms with Gasteiger partial charge in [0, 0.05) is 50.5 Å². The number of sulfonamides is 1. The average molecular weight is 653 g/mol. The smallest absolute Gasteiger partial charge is 0.342 e. The Morgan fingerprint density at radius 2 is 1.80 bits per heavy atom. The molecule has 0 radical (unpaired) electrons. The number of nitrogens with one attached hydrogen (secondary N) is 2. The summed E-state index contributed by atoms with van der Waals surface area (Å²) >= 11 is 0. The van der Waals surface area contributed by atoms with E-state index in [4.69, 9.17) is 0 Å². The molecule has 0 bridgehead atoms. The van der Waals surface area contributed by atoms with Gasteiger partial charge >= 0.3 is 21.6 Å². The van der Waals surface area contributed by atoms with Crippen molar-refractivity contribution in [3.8, 4) is 11.4 Å². The number of hydrogen-bond acceptors (Lipinski definition) is 7. The highest BCUT2D eigenvalue weighted by Crippen LogP contribution is 2.32. The Labute approximate surface area is 256 Å². The van der Waals surface area contributed by atoms with Gasteiger partial charge in [-0.1, -0.05) is 24.3 Å². The number of rotatable bonds is 7. The van der Waals surface area contributed by atoms with Gasteiger partial charge in [-0.2, -0.15) is 17.5 Å². The predicted octanol–water partition coefficient (Wildman–Crippen LogP) is 3.16. The van der Waals surface area contributed by atoms with E-state index in [1.54, 1.807) is 43.4 Å². The van der Waals surface area contributed by atoms with E-state index in [-0.39, 0.29) is 22.5 Å². The summed E-state index contributed by atoms with van der Waals surface area (Å²) in [5.41, 5.74) is -3.68. The summed E-state index contributed by atoms with van der Waals surface area (Å²) < 4.78 is 80.0. The van der Waals surface area contributed by atoms with E-state index in [0.29, 0.717) is 43.0 Å². The number of carbonyl (C=O) groups is 2. The van der Waals surface area contributed by atoms with Crippen LogP contribution in [0.15, 0.2) is 48.5 Å². The van der Waals surface area contributed by atoms with Gasteiger partial charge in [0.25, 0.3) is 0 Å². The maximum absolute atomic E-state index is 13.9. The van der Waals surface area contributed by atoms with Crippen molar-refractivity contribution in [3.05, 3.63) is 59.9 Å². The molecule has 17 heteroatoms. The van der Waals surface area contributed by atoms with E-state index in [9.17, 15) is 35.6 Å². The standard InChI is InChI=1S/C28H32F4N8O4S/c1-38-25(35-36-37-38)20-5-2-6-22(15-20)33-27(42)34-24-11-13-40(45(43,44)28(30,31)32)17-23(24)26(41)39-12-3-4-19(16-39)14-18-7-9-21(29)10-8-18/h2,5-10,15,19,23-24H,3-4,11-14,16-17H2,1H3,(H2,33,34,42)/t19?,23-,24-/m1/s1. The van der Waals surface area contributed by atoms with Crippen LogP contribution >= 0.6 is 0 Å². The molecule has 0 aliphatic carbocycles. The summed E-state index contributed by atoms with van der Waals surface area (Å²) in [6, 6.07) is 11.0. The number of alkyl halides is 3. The zero-order valence-corrected chi connectivity index (χ0v) is 25.1. The molecule has 242 valence electrons. The van der Waals surface area contributed by atoms with Crippen LogP contribution in [0.3, 0.4) is 0 Å². The third kappa shape index (κ3) is 7.41. The fourth-order valence-corrected chi connectivity index (χ4v) is 6.87. The summed E-state index contributed by atoms with van der Waals surface area (Å²) in [5.74, 6) is -1.71. The van der Waals surface area contributed by atoms with Crippen molar-refractivity contribution in [2.45, 2.75) is 37.2 Å². The van der Waals surface area contributed by atoms with Crippen LogP contribution in [0, 0.1) is 17.7 Å². The molecular weight excluding hydrogens is 620 g/mol. The van der Waals surface area contributed by atoms with Crippen LogP contribution < -0.4 is 10.6 Å². The molecule has 2 aliphatic rings. The molecule has 0 saturated carbocycles.